The maximum atomic E-state index is 10.5. The van der Waals surface area contributed by atoms with Crippen molar-refractivity contribution in [2.24, 2.45) is 5.41 Å². The number of carbonyl (C=O) groups excluding carboxylic acids is 1. The van der Waals surface area contributed by atoms with Gasteiger partial charge in [0.2, 0.25) is 5.91 Å². The van der Waals surface area contributed by atoms with Gasteiger partial charge in [-0.3, -0.25) is 9.69 Å². The molecule has 1 heterocycles. The Hall–Kier alpha value is -0.890. The standard InChI is InChI=1S/C21H44O8.C8H16N2O/c1-17(24-7)11-26-13-21(14-27-12-18(2)25-8,15-28-19(3)9-22-5)16-29-20(4)10-23-6;1-7(10-5-6-10)3-4-9-8(2)11/h17-20H,9-16H2,1-8H3;7H,3-6H2,1-2H3,(H,9,11). The lowest BCUT2D eigenvalue weighted by atomic mass is 9.92. The van der Waals surface area contributed by atoms with Crippen molar-refractivity contribution in [1.29, 1.82) is 0 Å². The van der Waals surface area contributed by atoms with Crippen molar-refractivity contribution >= 4 is 5.91 Å². The minimum absolute atomic E-state index is 0.00352. The summed E-state index contributed by atoms with van der Waals surface area (Å²) in [5, 5.41) is 2.79. The third kappa shape index (κ3) is 20.9. The van der Waals surface area contributed by atoms with E-state index >= 15 is 0 Å². The summed E-state index contributed by atoms with van der Waals surface area (Å²) < 4.78 is 45.0. The summed E-state index contributed by atoms with van der Waals surface area (Å²) >= 11 is 0. The van der Waals surface area contributed by atoms with Crippen molar-refractivity contribution in [3.05, 3.63) is 0 Å². The summed E-state index contributed by atoms with van der Waals surface area (Å²) in [6.07, 6.45) is 0.977. The molecule has 0 bridgehead atoms. The van der Waals surface area contributed by atoms with E-state index < -0.39 is 5.41 Å². The summed E-state index contributed by atoms with van der Waals surface area (Å²) in [6.45, 7) is 18.6. The smallest absolute Gasteiger partial charge is 0.216 e. The molecule has 11 nitrogen and oxygen atoms in total. The van der Waals surface area contributed by atoms with Crippen LogP contribution in [-0.4, -0.2) is 142 Å². The number of nitrogens with zero attached hydrogens (tertiary/aromatic N) is 1. The van der Waals surface area contributed by atoms with Crippen molar-refractivity contribution in [3.8, 4) is 0 Å². The molecule has 1 rings (SSSR count). The summed E-state index contributed by atoms with van der Waals surface area (Å²) in [6, 6.07) is 0.641. The number of carbonyl (C=O) groups is 1. The van der Waals surface area contributed by atoms with Gasteiger partial charge >= 0.3 is 0 Å². The number of amides is 1. The Balaban J connectivity index is 0.00000114. The molecule has 5 atom stereocenters. The summed E-state index contributed by atoms with van der Waals surface area (Å²) in [7, 11) is 6.66. The molecule has 0 aliphatic carbocycles. The molecule has 1 aliphatic heterocycles. The van der Waals surface area contributed by atoms with Crippen LogP contribution in [0.25, 0.3) is 0 Å². The Morgan fingerprint density at radius 1 is 0.725 bits per heavy atom. The van der Waals surface area contributed by atoms with E-state index in [0.29, 0.717) is 58.9 Å². The molecule has 0 aromatic heterocycles. The highest BCUT2D eigenvalue weighted by Gasteiger charge is 2.34. The largest absolute Gasteiger partial charge is 0.382 e. The molecule has 0 aromatic carbocycles. The van der Waals surface area contributed by atoms with Crippen molar-refractivity contribution in [3.63, 3.8) is 0 Å². The Labute approximate surface area is 243 Å². The number of ether oxygens (including phenoxy) is 8. The lowest BCUT2D eigenvalue weighted by Crippen LogP contribution is -2.44. The Morgan fingerprint density at radius 2 is 1.18 bits per heavy atom. The van der Waals surface area contributed by atoms with E-state index in [-0.39, 0.29) is 30.3 Å². The molecule has 240 valence electrons. The van der Waals surface area contributed by atoms with Gasteiger partial charge in [-0.25, -0.2) is 0 Å². The maximum absolute atomic E-state index is 10.5. The fourth-order valence-corrected chi connectivity index (χ4v) is 3.61. The molecule has 40 heavy (non-hydrogen) atoms. The highest BCUT2D eigenvalue weighted by atomic mass is 16.6. The highest BCUT2D eigenvalue weighted by Crippen LogP contribution is 2.23. The van der Waals surface area contributed by atoms with Crippen molar-refractivity contribution in [2.75, 3.05) is 101 Å². The SMILES string of the molecule is CC(=O)NCCC(C)N1CC1.COCC(C)OCC(COCC(C)OC)(COCC(C)OC)COC(C)COC. The number of hydrogen-bond donors (Lipinski definition) is 1. The van der Waals surface area contributed by atoms with E-state index in [2.05, 4.69) is 17.1 Å². The van der Waals surface area contributed by atoms with Crippen molar-refractivity contribution < 1.29 is 42.7 Å². The second-order valence-corrected chi connectivity index (χ2v) is 10.9. The predicted molar refractivity (Wildman–Crippen MR) is 156 cm³/mol. The average Bonchev–Trinajstić information content (AvgIpc) is 3.77. The molecule has 0 spiro atoms. The molecule has 1 N–H and O–H groups in total. The quantitative estimate of drug-likeness (QED) is 0.171. The van der Waals surface area contributed by atoms with Gasteiger partial charge in [-0.05, 0) is 41.0 Å². The van der Waals surface area contributed by atoms with Gasteiger partial charge < -0.3 is 43.2 Å². The lowest BCUT2D eigenvalue weighted by molar-refractivity contribution is -0.146. The zero-order chi connectivity index (χ0) is 30.4. The van der Waals surface area contributed by atoms with Gasteiger partial charge in [0.05, 0.1) is 82.7 Å². The molecule has 1 saturated heterocycles. The van der Waals surface area contributed by atoms with Crippen LogP contribution >= 0.6 is 0 Å². The summed E-state index contributed by atoms with van der Waals surface area (Å²) in [5.41, 5.74) is -0.481. The Morgan fingerprint density at radius 3 is 1.52 bits per heavy atom. The van der Waals surface area contributed by atoms with Crippen LogP contribution in [0.2, 0.25) is 0 Å². The van der Waals surface area contributed by atoms with Crippen molar-refractivity contribution in [2.45, 2.75) is 78.4 Å². The summed E-state index contributed by atoms with van der Waals surface area (Å²) in [4.78, 5) is 12.9. The van der Waals surface area contributed by atoms with Crippen LogP contribution < -0.4 is 5.32 Å². The first-order valence-electron chi connectivity index (χ1n) is 14.4. The zero-order valence-electron chi connectivity index (χ0n) is 27.0. The van der Waals surface area contributed by atoms with E-state index in [1.807, 2.05) is 27.7 Å². The average molecular weight is 581 g/mol. The minimum Gasteiger partial charge on any atom is -0.382 e. The van der Waals surface area contributed by atoms with Crippen LogP contribution in [0.3, 0.4) is 0 Å². The molecule has 0 radical (unpaired) electrons. The van der Waals surface area contributed by atoms with Gasteiger partial charge in [0.25, 0.3) is 0 Å². The number of hydrogen-bond acceptors (Lipinski definition) is 10. The van der Waals surface area contributed by atoms with E-state index in [1.165, 1.54) is 13.1 Å². The molecular weight excluding hydrogens is 520 g/mol. The fraction of sp³-hybridized carbons (Fsp3) is 0.966. The highest BCUT2D eigenvalue weighted by molar-refractivity contribution is 5.72. The van der Waals surface area contributed by atoms with Gasteiger partial charge in [0.15, 0.2) is 0 Å². The van der Waals surface area contributed by atoms with E-state index in [9.17, 15) is 4.79 Å². The molecule has 1 amide bonds. The first-order valence-corrected chi connectivity index (χ1v) is 14.4. The van der Waals surface area contributed by atoms with Crippen molar-refractivity contribution in [1.82, 2.24) is 10.2 Å². The van der Waals surface area contributed by atoms with Gasteiger partial charge in [-0.15, -0.1) is 0 Å². The third-order valence-electron chi connectivity index (χ3n) is 6.52. The fourth-order valence-electron chi connectivity index (χ4n) is 3.61. The first kappa shape index (κ1) is 39.1. The second kappa shape index (κ2) is 23.6. The van der Waals surface area contributed by atoms with E-state index in [4.69, 9.17) is 37.9 Å². The second-order valence-electron chi connectivity index (χ2n) is 10.9. The van der Waals surface area contributed by atoms with Gasteiger partial charge in [-0.1, -0.05) is 0 Å². The van der Waals surface area contributed by atoms with Crippen LogP contribution in [0.15, 0.2) is 0 Å². The lowest BCUT2D eigenvalue weighted by Gasteiger charge is -2.35. The van der Waals surface area contributed by atoms with Crippen LogP contribution in [-0.2, 0) is 42.7 Å². The zero-order valence-corrected chi connectivity index (χ0v) is 27.0. The first-order chi connectivity index (χ1) is 19.0. The van der Waals surface area contributed by atoms with E-state index in [1.54, 1.807) is 35.4 Å². The third-order valence-corrected chi connectivity index (χ3v) is 6.52. The molecule has 11 heteroatoms. The Bertz CT molecular complexity index is 576. The van der Waals surface area contributed by atoms with Crippen LogP contribution in [0.1, 0.15) is 48.0 Å². The van der Waals surface area contributed by atoms with Gasteiger partial charge in [0, 0.05) is 61.0 Å². The molecular formula is C29H60N2O9. The number of methoxy groups -OCH3 is 4. The molecule has 5 unspecified atom stereocenters. The van der Waals surface area contributed by atoms with Gasteiger partial charge in [-0.2, -0.15) is 0 Å². The maximum Gasteiger partial charge on any atom is 0.216 e. The van der Waals surface area contributed by atoms with Gasteiger partial charge in [0.1, 0.15) is 0 Å². The molecule has 1 aliphatic rings. The molecule has 0 aromatic rings. The van der Waals surface area contributed by atoms with Crippen LogP contribution in [0.4, 0.5) is 0 Å². The van der Waals surface area contributed by atoms with E-state index in [0.717, 1.165) is 13.0 Å². The summed E-state index contributed by atoms with van der Waals surface area (Å²) in [5.74, 6) is 0.0722. The monoisotopic (exact) mass is 580 g/mol. The predicted octanol–water partition coefficient (Wildman–Crippen LogP) is 2.40. The molecule has 0 saturated carbocycles. The number of nitrogens with one attached hydrogen (secondary N) is 1. The minimum atomic E-state index is -0.481. The van der Waals surface area contributed by atoms with Crippen LogP contribution in [0.5, 0.6) is 0 Å². The normalized spacial score (nSPS) is 18.6. The topological polar surface area (TPSA) is 106 Å². The van der Waals surface area contributed by atoms with Crippen LogP contribution in [0, 0.1) is 5.41 Å². The number of rotatable bonds is 24. The Kier molecular flexibility index (Phi) is 23.1. The molecule has 1 fully saturated rings.